The molecule has 0 aliphatic heterocycles. The van der Waals surface area contributed by atoms with Gasteiger partial charge >= 0.3 is 0 Å². The van der Waals surface area contributed by atoms with Gasteiger partial charge in [0.2, 0.25) is 0 Å². The maximum absolute atomic E-state index is 2.54. The van der Waals surface area contributed by atoms with E-state index in [4.69, 9.17) is 0 Å². The molecule has 0 heteroatoms. The highest BCUT2D eigenvalue weighted by atomic mass is 14.3. The lowest BCUT2D eigenvalue weighted by molar-refractivity contribution is 0.308. The Morgan fingerprint density at radius 1 is 0.719 bits per heavy atom. The van der Waals surface area contributed by atoms with Gasteiger partial charge in [0.25, 0.3) is 0 Å². The topological polar surface area (TPSA) is 0 Å². The van der Waals surface area contributed by atoms with Crippen LogP contribution in [-0.4, -0.2) is 0 Å². The normalized spacial score (nSPS) is 17.2. The molecule has 174 valence electrons. The summed E-state index contributed by atoms with van der Waals surface area (Å²) in [5, 5.41) is 0. The van der Waals surface area contributed by atoms with Crippen molar-refractivity contribution in [1.82, 2.24) is 0 Å². The lowest BCUT2D eigenvalue weighted by atomic mass is 9.78. The van der Waals surface area contributed by atoms with Crippen molar-refractivity contribution in [3.63, 3.8) is 0 Å². The van der Waals surface area contributed by atoms with Crippen molar-refractivity contribution in [3.8, 4) is 11.1 Å². The first kappa shape index (κ1) is 24.8. The number of hydrogen-bond acceptors (Lipinski definition) is 0. The van der Waals surface area contributed by atoms with E-state index in [-0.39, 0.29) is 0 Å². The molecule has 0 spiro atoms. The summed E-state index contributed by atoms with van der Waals surface area (Å²) in [5.41, 5.74) is 7.14. The van der Waals surface area contributed by atoms with Crippen molar-refractivity contribution >= 4 is 5.57 Å². The van der Waals surface area contributed by atoms with Gasteiger partial charge in [-0.15, -0.1) is 0 Å². The van der Waals surface area contributed by atoms with Crippen molar-refractivity contribution in [2.45, 2.75) is 104 Å². The van der Waals surface area contributed by atoms with Gasteiger partial charge in [-0.2, -0.15) is 0 Å². The third-order valence-corrected chi connectivity index (χ3v) is 7.63. The van der Waals surface area contributed by atoms with Gasteiger partial charge in [-0.25, -0.2) is 0 Å². The summed E-state index contributed by atoms with van der Waals surface area (Å²) in [4.78, 5) is 0. The number of unbranched alkanes of at least 4 members (excludes halogenated alkanes) is 6. The summed E-state index contributed by atoms with van der Waals surface area (Å²) < 4.78 is 0. The molecule has 1 aliphatic rings. The Kier molecular flexibility index (Phi) is 10.6. The minimum absolute atomic E-state index is 0.876. The first-order valence-electron chi connectivity index (χ1n) is 13.6. The molecule has 32 heavy (non-hydrogen) atoms. The van der Waals surface area contributed by atoms with Crippen molar-refractivity contribution in [2.75, 3.05) is 0 Å². The average Bonchev–Trinajstić information content (AvgIpc) is 2.85. The quantitative estimate of drug-likeness (QED) is 0.277. The highest BCUT2D eigenvalue weighted by Gasteiger charge is 2.20. The molecule has 0 heterocycles. The van der Waals surface area contributed by atoms with Crippen LogP contribution in [-0.2, 0) is 6.42 Å². The number of allylic oxidation sites excluding steroid dienone is 2. The molecule has 2 aromatic rings. The molecule has 0 amide bonds. The highest BCUT2D eigenvalue weighted by molar-refractivity contribution is 5.71. The molecule has 0 saturated heterocycles. The molecule has 0 radical (unpaired) electrons. The predicted octanol–water partition coefficient (Wildman–Crippen LogP) is 10.3. The van der Waals surface area contributed by atoms with E-state index in [1.165, 1.54) is 106 Å². The molecule has 3 rings (SSSR count). The third-order valence-electron chi connectivity index (χ3n) is 7.63. The van der Waals surface area contributed by atoms with Gasteiger partial charge in [-0.05, 0) is 71.8 Å². The molecular formula is C32H46. The van der Waals surface area contributed by atoms with Crippen LogP contribution in [0.2, 0.25) is 0 Å². The van der Waals surface area contributed by atoms with Gasteiger partial charge in [0, 0.05) is 0 Å². The predicted molar refractivity (Wildman–Crippen MR) is 143 cm³/mol. The van der Waals surface area contributed by atoms with Gasteiger partial charge < -0.3 is 0 Å². The monoisotopic (exact) mass is 430 g/mol. The fourth-order valence-corrected chi connectivity index (χ4v) is 5.26. The average molecular weight is 431 g/mol. The van der Waals surface area contributed by atoms with Crippen LogP contribution in [0.3, 0.4) is 0 Å². The summed E-state index contributed by atoms with van der Waals surface area (Å²) in [6.45, 7) is 7.06. The number of rotatable bonds is 13. The Morgan fingerprint density at radius 3 is 1.94 bits per heavy atom. The maximum atomic E-state index is 2.54. The molecule has 0 nitrogen and oxygen atoms in total. The highest BCUT2D eigenvalue weighted by Crippen LogP contribution is 2.36. The summed E-state index contributed by atoms with van der Waals surface area (Å²) >= 11 is 0. The van der Waals surface area contributed by atoms with Crippen molar-refractivity contribution in [2.24, 2.45) is 11.8 Å². The Morgan fingerprint density at radius 2 is 1.31 bits per heavy atom. The van der Waals surface area contributed by atoms with Gasteiger partial charge in [-0.3, -0.25) is 0 Å². The Balaban J connectivity index is 1.50. The second-order valence-electron chi connectivity index (χ2n) is 10.2. The van der Waals surface area contributed by atoms with Crippen LogP contribution >= 0.6 is 0 Å². The second kappa shape index (κ2) is 13.7. The Labute approximate surface area is 198 Å². The molecule has 1 aliphatic carbocycles. The molecule has 0 fully saturated rings. The molecule has 2 aromatic carbocycles. The Hall–Kier alpha value is -1.82. The second-order valence-corrected chi connectivity index (χ2v) is 10.2. The summed E-state index contributed by atoms with van der Waals surface area (Å²) in [7, 11) is 0. The molecule has 0 aromatic heterocycles. The van der Waals surface area contributed by atoms with E-state index < -0.39 is 0 Å². The maximum Gasteiger partial charge on any atom is -0.0184 e. The van der Waals surface area contributed by atoms with Crippen LogP contribution in [0.15, 0.2) is 54.6 Å². The van der Waals surface area contributed by atoms with Gasteiger partial charge in [0.15, 0.2) is 0 Å². The van der Waals surface area contributed by atoms with Crippen molar-refractivity contribution in [3.05, 3.63) is 65.7 Å². The first-order chi connectivity index (χ1) is 15.7. The molecule has 2 atom stereocenters. The molecular weight excluding hydrogens is 384 g/mol. The summed E-state index contributed by atoms with van der Waals surface area (Å²) in [6.07, 6.45) is 20.0. The van der Waals surface area contributed by atoms with E-state index in [9.17, 15) is 0 Å². The first-order valence-corrected chi connectivity index (χ1v) is 13.6. The summed E-state index contributed by atoms with van der Waals surface area (Å²) in [6, 6.07) is 18.6. The zero-order chi connectivity index (χ0) is 22.6. The standard InChI is InChI=1S/C32H46/c1-4-6-8-9-11-13-27-14-16-29(17-15-27)31-22-24-32(25-23-31)30-20-18-28(19-21-30)26(3)12-10-7-5-2/h14-17,20,22-26,28H,4-13,18-19,21H2,1-3H3. The van der Waals surface area contributed by atoms with Crippen molar-refractivity contribution in [1.29, 1.82) is 0 Å². The van der Waals surface area contributed by atoms with Crippen LogP contribution in [0.25, 0.3) is 16.7 Å². The van der Waals surface area contributed by atoms with Gasteiger partial charge in [0.1, 0.15) is 0 Å². The molecule has 0 N–H and O–H groups in total. The SMILES string of the molecule is CCCCCCCc1ccc(-c2ccc(C3=CCC(C(C)CCCCC)CC3)cc2)cc1. The zero-order valence-electron chi connectivity index (χ0n) is 21.0. The smallest absolute Gasteiger partial charge is 0.0184 e. The van der Waals surface area contributed by atoms with Crippen molar-refractivity contribution < 1.29 is 0 Å². The van der Waals surface area contributed by atoms with Gasteiger partial charge in [-0.1, -0.05) is 127 Å². The fourth-order valence-electron chi connectivity index (χ4n) is 5.26. The summed E-state index contributed by atoms with van der Waals surface area (Å²) in [5.74, 6) is 1.76. The number of hydrogen-bond donors (Lipinski definition) is 0. The van der Waals surface area contributed by atoms with Crippen LogP contribution in [0, 0.1) is 11.8 Å². The largest absolute Gasteiger partial charge is 0.0804 e. The van der Waals surface area contributed by atoms with E-state index in [1.54, 1.807) is 5.57 Å². The third kappa shape index (κ3) is 7.65. The number of benzene rings is 2. The fraction of sp³-hybridized carbons (Fsp3) is 0.562. The minimum Gasteiger partial charge on any atom is -0.0804 e. The van der Waals surface area contributed by atoms with E-state index in [0.717, 1.165) is 11.8 Å². The lowest BCUT2D eigenvalue weighted by Crippen LogP contribution is -2.14. The molecule has 2 unspecified atom stereocenters. The van der Waals surface area contributed by atoms with E-state index in [1.807, 2.05) is 0 Å². The number of aryl methyl sites for hydroxylation is 1. The van der Waals surface area contributed by atoms with Crippen LogP contribution in [0.1, 0.15) is 109 Å². The zero-order valence-corrected chi connectivity index (χ0v) is 21.0. The molecule has 0 saturated carbocycles. The van der Waals surface area contributed by atoms with Crippen LogP contribution in [0.4, 0.5) is 0 Å². The Bertz CT molecular complexity index is 793. The van der Waals surface area contributed by atoms with Gasteiger partial charge in [0.05, 0.1) is 0 Å². The van der Waals surface area contributed by atoms with E-state index in [0.29, 0.717) is 0 Å². The van der Waals surface area contributed by atoms with Crippen LogP contribution < -0.4 is 0 Å². The van der Waals surface area contributed by atoms with E-state index in [2.05, 4.69) is 75.4 Å². The lowest BCUT2D eigenvalue weighted by Gasteiger charge is -2.27. The minimum atomic E-state index is 0.876. The van der Waals surface area contributed by atoms with Crippen LogP contribution in [0.5, 0.6) is 0 Å². The molecule has 0 bridgehead atoms. The van der Waals surface area contributed by atoms with E-state index >= 15 is 0 Å².